The molecular weight excluding hydrogens is 617 g/mol. The molecule has 0 atom stereocenters. The highest BCUT2D eigenvalue weighted by atomic mass is 15.0. The van der Waals surface area contributed by atoms with Gasteiger partial charge in [0.2, 0.25) is 0 Å². The number of fused-ring (bicyclic) bond motifs is 6. The molecule has 0 bridgehead atoms. The molecule has 10 rings (SSSR count). The minimum absolute atomic E-state index is 1.16. The summed E-state index contributed by atoms with van der Waals surface area (Å²) >= 11 is 0. The van der Waals surface area contributed by atoms with E-state index in [9.17, 15) is 0 Å². The summed E-state index contributed by atoms with van der Waals surface area (Å²) in [7, 11) is 0. The van der Waals surface area contributed by atoms with Crippen molar-refractivity contribution < 1.29 is 0 Å². The van der Waals surface area contributed by atoms with Crippen molar-refractivity contribution >= 4 is 43.6 Å². The van der Waals surface area contributed by atoms with E-state index >= 15 is 0 Å². The maximum Gasteiger partial charge on any atom is 0.0541 e. The molecule has 2 aromatic heterocycles. The number of hydrogen-bond donors (Lipinski definition) is 0. The van der Waals surface area contributed by atoms with Gasteiger partial charge in [-0.05, 0) is 101 Å². The topological polar surface area (TPSA) is 9.86 Å². The molecule has 0 amide bonds. The van der Waals surface area contributed by atoms with E-state index in [1.165, 1.54) is 82.6 Å². The minimum Gasteiger partial charge on any atom is -0.309 e. The SMILES string of the molecule is Cc1cccc(-c2ccc(-n3c4ccccc4c4cc(-c5ccc6c(c5)c5ccccc5n6-c5cccc(-c6ccccc6)c5)ccc43)cc2)c1. The number of aromatic nitrogens is 2. The molecule has 2 heterocycles. The van der Waals surface area contributed by atoms with E-state index in [2.05, 4.69) is 204 Å². The van der Waals surface area contributed by atoms with Crippen molar-refractivity contribution in [3.63, 3.8) is 0 Å². The number of hydrogen-bond acceptors (Lipinski definition) is 0. The average Bonchev–Trinajstić information content (AvgIpc) is 3.70. The summed E-state index contributed by atoms with van der Waals surface area (Å²) in [6, 6.07) is 68.6. The smallest absolute Gasteiger partial charge is 0.0541 e. The van der Waals surface area contributed by atoms with Gasteiger partial charge in [0.25, 0.3) is 0 Å². The Labute approximate surface area is 297 Å². The van der Waals surface area contributed by atoms with E-state index in [1.807, 2.05) is 0 Å². The van der Waals surface area contributed by atoms with Gasteiger partial charge in [-0.1, -0.05) is 133 Å². The molecule has 0 spiro atoms. The van der Waals surface area contributed by atoms with Crippen molar-refractivity contribution in [3.8, 4) is 44.8 Å². The molecule has 8 aromatic carbocycles. The first-order chi connectivity index (χ1) is 25.2. The van der Waals surface area contributed by atoms with Crippen LogP contribution in [0.15, 0.2) is 188 Å². The number of aryl methyl sites for hydroxylation is 1. The largest absolute Gasteiger partial charge is 0.309 e. The van der Waals surface area contributed by atoms with Gasteiger partial charge in [-0.2, -0.15) is 0 Å². The maximum atomic E-state index is 2.40. The zero-order chi connectivity index (χ0) is 33.9. The maximum absolute atomic E-state index is 2.40. The summed E-state index contributed by atoms with van der Waals surface area (Å²) in [5.74, 6) is 0. The Morgan fingerprint density at radius 1 is 0.275 bits per heavy atom. The lowest BCUT2D eigenvalue weighted by atomic mass is 10.0. The van der Waals surface area contributed by atoms with E-state index in [4.69, 9.17) is 0 Å². The first-order valence-corrected chi connectivity index (χ1v) is 17.6. The van der Waals surface area contributed by atoms with Crippen LogP contribution in [0, 0.1) is 6.92 Å². The van der Waals surface area contributed by atoms with Gasteiger partial charge in [0.15, 0.2) is 0 Å². The lowest BCUT2D eigenvalue weighted by Gasteiger charge is -2.11. The summed E-state index contributed by atoms with van der Waals surface area (Å²) in [4.78, 5) is 0. The Balaban J connectivity index is 1.09. The number of nitrogens with zero attached hydrogens (tertiary/aromatic N) is 2. The predicted molar refractivity (Wildman–Crippen MR) is 216 cm³/mol. The van der Waals surface area contributed by atoms with Gasteiger partial charge >= 0.3 is 0 Å². The molecule has 51 heavy (non-hydrogen) atoms. The first kappa shape index (κ1) is 29.3. The van der Waals surface area contributed by atoms with Crippen LogP contribution in [0.3, 0.4) is 0 Å². The third-order valence-electron chi connectivity index (χ3n) is 10.4. The molecule has 10 aromatic rings. The second-order valence-corrected chi connectivity index (χ2v) is 13.5. The van der Waals surface area contributed by atoms with Crippen molar-refractivity contribution in [3.05, 3.63) is 194 Å². The summed E-state index contributed by atoms with van der Waals surface area (Å²) < 4.78 is 4.80. The highest BCUT2D eigenvalue weighted by Gasteiger charge is 2.16. The molecule has 0 saturated heterocycles. The zero-order valence-corrected chi connectivity index (χ0v) is 28.3. The van der Waals surface area contributed by atoms with Gasteiger partial charge in [-0.3, -0.25) is 0 Å². The van der Waals surface area contributed by atoms with Crippen molar-refractivity contribution in [2.75, 3.05) is 0 Å². The zero-order valence-electron chi connectivity index (χ0n) is 28.3. The summed E-state index contributed by atoms with van der Waals surface area (Å²) in [6.07, 6.45) is 0. The molecule has 0 aliphatic rings. The number of benzene rings is 8. The van der Waals surface area contributed by atoms with Crippen LogP contribution >= 0.6 is 0 Å². The van der Waals surface area contributed by atoms with Gasteiger partial charge in [0.05, 0.1) is 22.1 Å². The Morgan fingerprint density at radius 3 is 1.35 bits per heavy atom. The highest BCUT2D eigenvalue weighted by molar-refractivity contribution is 6.12. The van der Waals surface area contributed by atoms with Gasteiger partial charge in [-0.15, -0.1) is 0 Å². The van der Waals surface area contributed by atoms with Crippen LogP contribution in [0.4, 0.5) is 0 Å². The fourth-order valence-corrected chi connectivity index (χ4v) is 7.94. The summed E-state index contributed by atoms with van der Waals surface area (Å²) in [5.41, 5.74) is 15.8. The molecular formula is C49H34N2. The van der Waals surface area contributed by atoms with Crippen LogP contribution in [-0.2, 0) is 0 Å². The Kier molecular flexibility index (Phi) is 6.75. The van der Waals surface area contributed by atoms with Gasteiger partial charge in [-0.25, -0.2) is 0 Å². The number of rotatable bonds is 5. The standard InChI is InChI=1S/C49H34N2/c1-33-11-9-14-36(29-33)35-21-25-40(26-22-35)50-46-19-7-5-17-42(46)44-31-38(23-27-48(44)50)39-24-28-49-45(32-39)43-18-6-8-20-47(43)51(49)41-16-10-15-37(30-41)34-12-3-2-4-13-34/h2-32H,1H3. The van der Waals surface area contributed by atoms with Crippen LogP contribution in [-0.4, -0.2) is 9.13 Å². The molecule has 0 N–H and O–H groups in total. The Bertz CT molecular complexity index is 2910. The molecule has 0 aliphatic heterocycles. The van der Waals surface area contributed by atoms with Crippen LogP contribution in [0.5, 0.6) is 0 Å². The van der Waals surface area contributed by atoms with Crippen LogP contribution in [0.25, 0.3) is 88.4 Å². The van der Waals surface area contributed by atoms with Gasteiger partial charge in [0.1, 0.15) is 0 Å². The molecule has 0 fully saturated rings. The second-order valence-electron chi connectivity index (χ2n) is 13.5. The van der Waals surface area contributed by atoms with Gasteiger partial charge < -0.3 is 9.13 Å². The third-order valence-corrected chi connectivity index (χ3v) is 10.4. The van der Waals surface area contributed by atoms with Crippen LogP contribution < -0.4 is 0 Å². The lowest BCUT2D eigenvalue weighted by molar-refractivity contribution is 1.18. The molecule has 0 saturated carbocycles. The number of para-hydroxylation sites is 2. The predicted octanol–water partition coefficient (Wildman–Crippen LogP) is 13.2. The molecule has 0 aliphatic carbocycles. The molecule has 240 valence electrons. The lowest BCUT2D eigenvalue weighted by Crippen LogP contribution is -1.94. The van der Waals surface area contributed by atoms with Crippen molar-refractivity contribution in [1.29, 1.82) is 0 Å². The molecule has 0 unspecified atom stereocenters. The molecule has 0 radical (unpaired) electrons. The van der Waals surface area contributed by atoms with Crippen molar-refractivity contribution in [1.82, 2.24) is 9.13 Å². The monoisotopic (exact) mass is 650 g/mol. The first-order valence-electron chi connectivity index (χ1n) is 17.6. The van der Waals surface area contributed by atoms with Crippen molar-refractivity contribution in [2.24, 2.45) is 0 Å². The Hall–Kier alpha value is -6.64. The van der Waals surface area contributed by atoms with Crippen LogP contribution in [0.1, 0.15) is 5.56 Å². The van der Waals surface area contributed by atoms with Crippen LogP contribution in [0.2, 0.25) is 0 Å². The van der Waals surface area contributed by atoms with E-state index in [0.29, 0.717) is 0 Å². The van der Waals surface area contributed by atoms with E-state index in [1.54, 1.807) is 0 Å². The fraction of sp³-hybridized carbons (Fsp3) is 0.0204. The summed E-state index contributed by atoms with van der Waals surface area (Å²) in [5, 5.41) is 5.02. The normalized spacial score (nSPS) is 11.6. The summed E-state index contributed by atoms with van der Waals surface area (Å²) in [6.45, 7) is 2.15. The average molecular weight is 651 g/mol. The second kappa shape index (κ2) is 11.8. The highest BCUT2D eigenvalue weighted by Crippen LogP contribution is 2.39. The minimum atomic E-state index is 1.16. The van der Waals surface area contributed by atoms with E-state index in [-0.39, 0.29) is 0 Å². The van der Waals surface area contributed by atoms with E-state index < -0.39 is 0 Å². The Morgan fingerprint density at radius 2 is 0.725 bits per heavy atom. The van der Waals surface area contributed by atoms with Crippen molar-refractivity contribution in [2.45, 2.75) is 6.92 Å². The fourth-order valence-electron chi connectivity index (χ4n) is 7.94. The molecule has 2 heteroatoms. The quantitative estimate of drug-likeness (QED) is 0.175. The molecule has 2 nitrogen and oxygen atoms in total. The third kappa shape index (κ3) is 4.87. The van der Waals surface area contributed by atoms with Gasteiger partial charge in [0, 0.05) is 32.9 Å². The van der Waals surface area contributed by atoms with E-state index in [0.717, 1.165) is 11.4 Å².